The second-order valence-electron chi connectivity index (χ2n) is 9.55. The highest BCUT2D eigenvalue weighted by Gasteiger charge is 2.59. The lowest BCUT2D eigenvalue weighted by atomic mass is 10.0. The van der Waals surface area contributed by atoms with Crippen LogP contribution in [0.1, 0.15) is 67.2 Å². The largest absolute Gasteiger partial charge is 0.481 e. The molecule has 0 aromatic carbocycles. The zero-order valence-corrected chi connectivity index (χ0v) is 19.3. The van der Waals surface area contributed by atoms with E-state index < -0.39 is 47.5 Å². The molecule has 30 heavy (non-hydrogen) atoms. The van der Waals surface area contributed by atoms with Gasteiger partial charge in [-0.25, -0.2) is 24.2 Å². The average molecular weight is 445 g/mol. The fraction of sp³-hybridized carbons (Fsp3) is 0.800. The zero-order chi connectivity index (χ0) is 22.9. The van der Waals surface area contributed by atoms with Crippen LogP contribution in [-0.4, -0.2) is 73.4 Å². The molecule has 2 aliphatic heterocycles. The molecule has 2 saturated heterocycles. The monoisotopic (exact) mass is 444 g/mol. The van der Waals surface area contributed by atoms with E-state index in [1.807, 2.05) is 0 Å². The van der Waals surface area contributed by atoms with Gasteiger partial charge in [-0.05, 0) is 54.4 Å². The number of rotatable bonds is 5. The van der Waals surface area contributed by atoms with Crippen molar-refractivity contribution in [3.63, 3.8) is 0 Å². The molecule has 0 aromatic rings. The summed E-state index contributed by atoms with van der Waals surface area (Å²) in [5.74, 6) is -0.368. The van der Waals surface area contributed by atoms with E-state index >= 15 is 0 Å². The fourth-order valence-electron chi connectivity index (χ4n) is 3.53. The third kappa shape index (κ3) is 6.02. The number of aliphatic carboxylic acids is 1. The minimum atomic E-state index is -0.852. The Bertz CT molecular complexity index is 698. The number of ether oxygens (including phenoxy) is 2. The number of unbranched alkanes of at least 4 members (excludes halogenated alkanes) is 1. The maximum absolute atomic E-state index is 13.1. The molecule has 2 rings (SSSR count). The molecule has 0 radical (unpaired) electrons. The summed E-state index contributed by atoms with van der Waals surface area (Å²) in [6.07, 6.45) is 0.306. The van der Waals surface area contributed by atoms with E-state index in [2.05, 4.69) is 0 Å². The van der Waals surface area contributed by atoms with E-state index in [1.54, 1.807) is 53.3 Å². The molecule has 10 heteroatoms. The van der Waals surface area contributed by atoms with Crippen LogP contribution in [0, 0.1) is 0 Å². The molecular formula is C20H32N2O7S. The van der Waals surface area contributed by atoms with E-state index in [4.69, 9.17) is 14.6 Å². The lowest BCUT2D eigenvalue weighted by molar-refractivity contribution is -0.137. The first-order chi connectivity index (χ1) is 13.7. The molecule has 0 aromatic heterocycles. The zero-order valence-electron chi connectivity index (χ0n) is 18.5. The number of urea groups is 1. The first-order valence-electron chi connectivity index (χ1n) is 10.1. The SMILES string of the molecule is CC(C)(C)OC(=O)N1C(=O)N(C(=O)OC(C)(C)C)[C@H]2CS[C@@H](CCCCC(=O)O)[C@H]21. The molecule has 4 amide bonds. The van der Waals surface area contributed by atoms with Gasteiger partial charge in [-0.1, -0.05) is 6.42 Å². The predicted octanol–water partition coefficient (Wildman–Crippen LogP) is 4.09. The molecule has 0 unspecified atom stereocenters. The third-order valence-electron chi connectivity index (χ3n) is 4.61. The van der Waals surface area contributed by atoms with Crippen molar-refractivity contribution >= 4 is 35.9 Å². The first-order valence-corrected chi connectivity index (χ1v) is 11.2. The van der Waals surface area contributed by atoms with Crippen LogP contribution in [0.15, 0.2) is 0 Å². The van der Waals surface area contributed by atoms with Crippen molar-refractivity contribution in [2.45, 2.75) is 95.8 Å². The third-order valence-corrected chi connectivity index (χ3v) is 6.08. The van der Waals surface area contributed by atoms with Gasteiger partial charge >= 0.3 is 24.2 Å². The minimum absolute atomic E-state index is 0.0736. The molecule has 9 nitrogen and oxygen atoms in total. The van der Waals surface area contributed by atoms with Gasteiger partial charge in [0.15, 0.2) is 0 Å². The quantitative estimate of drug-likeness (QED) is 0.498. The van der Waals surface area contributed by atoms with Crippen LogP contribution in [0.4, 0.5) is 14.4 Å². The Hall–Kier alpha value is -1.97. The highest BCUT2D eigenvalue weighted by molar-refractivity contribution is 8.00. The maximum Gasteiger partial charge on any atom is 0.418 e. The van der Waals surface area contributed by atoms with Crippen LogP contribution in [0.5, 0.6) is 0 Å². The van der Waals surface area contributed by atoms with Crippen LogP contribution in [0.2, 0.25) is 0 Å². The van der Waals surface area contributed by atoms with Crippen molar-refractivity contribution < 1.29 is 33.8 Å². The van der Waals surface area contributed by atoms with Crippen LogP contribution in [0.3, 0.4) is 0 Å². The highest BCUT2D eigenvalue weighted by Crippen LogP contribution is 2.42. The van der Waals surface area contributed by atoms with Crippen LogP contribution in [0.25, 0.3) is 0 Å². The number of amides is 4. The number of carboxylic acids is 1. The number of nitrogens with zero attached hydrogens (tertiary/aromatic N) is 2. The predicted molar refractivity (Wildman–Crippen MR) is 111 cm³/mol. The molecule has 2 heterocycles. The average Bonchev–Trinajstić information content (AvgIpc) is 3.04. The smallest absolute Gasteiger partial charge is 0.418 e. The van der Waals surface area contributed by atoms with E-state index in [9.17, 15) is 19.2 Å². The number of hydrogen-bond donors (Lipinski definition) is 1. The molecular weight excluding hydrogens is 412 g/mol. The second-order valence-corrected chi connectivity index (χ2v) is 10.8. The van der Waals surface area contributed by atoms with Gasteiger partial charge in [-0.2, -0.15) is 11.8 Å². The van der Waals surface area contributed by atoms with Crippen molar-refractivity contribution in [1.82, 2.24) is 9.80 Å². The molecule has 1 N–H and O–H groups in total. The van der Waals surface area contributed by atoms with E-state index in [-0.39, 0.29) is 11.7 Å². The van der Waals surface area contributed by atoms with Crippen molar-refractivity contribution in [1.29, 1.82) is 0 Å². The normalized spacial score (nSPS) is 24.1. The first kappa shape index (κ1) is 24.3. The number of hydrogen-bond acceptors (Lipinski definition) is 7. The van der Waals surface area contributed by atoms with E-state index in [0.29, 0.717) is 25.0 Å². The molecule has 0 saturated carbocycles. The molecule has 2 aliphatic rings. The van der Waals surface area contributed by atoms with Crippen LogP contribution in [-0.2, 0) is 14.3 Å². The Balaban J connectivity index is 2.24. The fourth-order valence-corrected chi connectivity index (χ4v) is 5.15. The van der Waals surface area contributed by atoms with Crippen molar-refractivity contribution in [3.8, 4) is 0 Å². The summed E-state index contributed by atoms with van der Waals surface area (Å²) in [5, 5.41) is 8.72. The maximum atomic E-state index is 13.1. The van der Waals surface area contributed by atoms with Gasteiger partial charge in [-0.3, -0.25) is 4.79 Å². The Kier molecular flexibility index (Phi) is 7.32. The van der Waals surface area contributed by atoms with Gasteiger partial charge in [-0.15, -0.1) is 0 Å². The molecule has 0 spiro atoms. The topological polar surface area (TPSA) is 113 Å². The Morgan fingerprint density at radius 2 is 1.53 bits per heavy atom. The minimum Gasteiger partial charge on any atom is -0.481 e. The number of thioether (sulfide) groups is 1. The molecule has 0 bridgehead atoms. The summed E-state index contributed by atoms with van der Waals surface area (Å²) >= 11 is 1.58. The lowest BCUT2D eigenvalue weighted by Crippen LogP contribution is -2.47. The molecule has 3 atom stereocenters. The van der Waals surface area contributed by atoms with Crippen LogP contribution >= 0.6 is 11.8 Å². The van der Waals surface area contributed by atoms with Gasteiger partial charge in [0.05, 0.1) is 12.1 Å². The number of fused-ring (bicyclic) bond motifs is 1. The van der Waals surface area contributed by atoms with Crippen molar-refractivity contribution in [2.75, 3.05) is 5.75 Å². The molecule has 0 aliphatic carbocycles. The number of carbonyl (C=O) groups excluding carboxylic acids is 3. The van der Waals surface area contributed by atoms with Gasteiger partial charge in [0.25, 0.3) is 0 Å². The van der Waals surface area contributed by atoms with Gasteiger partial charge in [0, 0.05) is 17.4 Å². The van der Waals surface area contributed by atoms with Crippen molar-refractivity contribution in [3.05, 3.63) is 0 Å². The van der Waals surface area contributed by atoms with Crippen molar-refractivity contribution in [2.24, 2.45) is 0 Å². The van der Waals surface area contributed by atoms with Gasteiger partial charge in [0.1, 0.15) is 11.2 Å². The van der Waals surface area contributed by atoms with Gasteiger partial charge < -0.3 is 14.6 Å². The van der Waals surface area contributed by atoms with Gasteiger partial charge in [0.2, 0.25) is 0 Å². The van der Waals surface area contributed by atoms with Crippen LogP contribution < -0.4 is 0 Å². The Morgan fingerprint density at radius 1 is 1.00 bits per heavy atom. The standard InChI is InChI=1S/C20H32N2O7S/c1-19(2,3)28-17(26)21-12-11-30-13(9-7-8-10-14(23)24)15(12)22(16(21)25)18(27)29-20(4,5)6/h12-13,15H,7-11H2,1-6H3,(H,23,24)/t12-,13-,15-/m0/s1. The number of carbonyl (C=O) groups is 4. The summed E-state index contributed by atoms with van der Waals surface area (Å²) in [5.41, 5.74) is -1.58. The number of imide groups is 2. The summed E-state index contributed by atoms with van der Waals surface area (Å²) in [6.45, 7) is 10.3. The lowest BCUT2D eigenvalue weighted by Gasteiger charge is -2.28. The summed E-state index contributed by atoms with van der Waals surface area (Å²) in [6, 6.07) is -1.77. The summed E-state index contributed by atoms with van der Waals surface area (Å²) < 4.78 is 10.8. The highest BCUT2D eigenvalue weighted by atomic mass is 32.2. The second kappa shape index (κ2) is 9.03. The Morgan fingerprint density at radius 3 is 2.03 bits per heavy atom. The molecule has 2 fully saturated rings. The summed E-state index contributed by atoms with van der Waals surface area (Å²) in [7, 11) is 0. The van der Waals surface area contributed by atoms with E-state index in [0.717, 1.165) is 9.80 Å². The summed E-state index contributed by atoms with van der Waals surface area (Å²) in [4.78, 5) is 51.5. The number of carboxylic acid groups (broad SMARTS) is 1. The Labute approximate surface area is 181 Å². The van der Waals surface area contributed by atoms with E-state index in [1.165, 1.54) is 0 Å². The molecule has 170 valence electrons.